The molecule has 2 aromatic heterocycles. The normalized spacial score (nSPS) is 11.6. The van der Waals surface area contributed by atoms with E-state index in [0.29, 0.717) is 11.3 Å². The Hall–Kier alpha value is -3.04. The fourth-order valence-corrected chi connectivity index (χ4v) is 5.01. The second-order valence-electron chi connectivity index (χ2n) is 6.23. The van der Waals surface area contributed by atoms with E-state index in [2.05, 4.69) is 14.7 Å². The zero-order valence-electron chi connectivity index (χ0n) is 15.5. The van der Waals surface area contributed by atoms with Gasteiger partial charge in [0.1, 0.15) is 15.4 Å². The number of rotatable bonds is 5. The number of thiazole rings is 1. The number of methoxy groups -OCH3 is 1. The zero-order chi connectivity index (χ0) is 20.6. The Kier molecular flexibility index (Phi) is 4.93. The smallest absolute Gasteiger partial charge is 0.262 e. The zero-order valence-corrected chi connectivity index (χ0v) is 17.1. The molecule has 0 aliphatic carbocycles. The summed E-state index contributed by atoms with van der Waals surface area (Å²) in [5.74, 6) is -0.769. The molecule has 0 aliphatic heterocycles. The monoisotopic (exact) mass is 429 g/mol. The van der Waals surface area contributed by atoms with Crippen molar-refractivity contribution in [1.29, 1.82) is 0 Å². The van der Waals surface area contributed by atoms with Crippen LogP contribution in [0.2, 0.25) is 0 Å². The van der Waals surface area contributed by atoms with Crippen LogP contribution in [0.1, 0.15) is 5.56 Å². The Balaban J connectivity index is 1.71. The maximum Gasteiger partial charge on any atom is 0.262 e. The summed E-state index contributed by atoms with van der Waals surface area (Å²) in [5.41, 5.74) is 2.69. The molecule has 0 spiro atoms. The first-order valence-corrected chi connectivity index (χ1v) is 10.9. The molecule has 4 rings (SSSR count). The summed E-state index contributed by atoms with van der Waals surface area (Å²) in [6, 6.07) is 12.5. The van der Waals surface area contributed by atoms with Gasteiger partial charge in [0, 0.05) is 11.8 Å². The summed E-state index contributed by atoms with van der Waals surface area (Å²) in [5, 5.41) is 0.743. The molecular weight excluding hydrogens is 413 g/mol. The highest BCUT2D eigenvalue weighted by molar-refractivity contribution is 7.92. The van der Waals surface area contributed by atoms with Crippen molar-refractivity contribution in [3.63, 3.8) is 0 Å². The maximum atomic E-state index is 14.0. The number of aromatic nitrogens is 2. The lowest BCUT2D eigenvalue weighted by molar-refractivity contribution is 0.385. The minimum Gasteiger partial charge on any atom is -0.494 e. The van der Waals surface area contributed by atoms with Crippen molar-refractivity contribution in [3.8, 4) is 16.3 Å². The van der Waals surface area contributed by atoms with E-state index >= 15 is 0 Å². The molecule has 0 atom stereocenters. The SMILES string of the molecule is COc1ccc(S(=O)(=O)Nc2cccc(-c3nc4cccnc4s3)c2C)cc1F. The minimum atomic E-state index is -3.98. The number of sulfonamides is 1. The number of benzene rings is 2. The summed E-state index contributed by atoms with van der Waals surface area (Å²) >= 11 is 1.43. The quantitative estimate of drug-likeness (QED) is 0.501. The molecule has 1 N–H and O–H groups in total. The van der Waals surface area contributed by atoms with Crippen LogP contribution in [-0.4, -0.2) is 25.5 Å². The second-order valence-corrected chi connectivity index (χ2v) is 8.89. The predicted octanol–water partition coefficient (Wildman–Crippen LogP) is 4.62. The third kappa shape index (κ3) is 3.66. The van der Waals surface area contributed by atoms with Gasteiger partial charge in [0.15, 0.2) is 11.6 Å². The highest BCUT2D eigenvalue weighted by Gasteiger charge is 2.19. The van der Waals surface area contributed by atoms with Crippen LogP contribution in [0.5, 0.6) is 5.75 Å². The number of hydrogen-bond donors (Lipinski definition) is 1. The third-order valence-corrected chi connectivity index (χ3v) is 6.78. The van der Waals surface area contributed by atoms with Crippen LogP contribution >= 0.6 is 11.3 Å². The number of halogens is 1. The molecule has 0 saturated carbocycles. The molecule has 148 valence electrons. The number of nitrogens with one attached hydrogen (secondary N) is 1. The van der Waals surface area contributed by atoms with E-state index in [9.17, 15) is 12.8 Å². The van der Waals surface area contributed by atoms with E-state index in [1.165, 1.54) is 30.6 Å². The van der Waals surface area contributed by atoms with Gasteiger partial charge in [0.05, 0.1) is 17.7 Å². The Morgan fingerprint density at radius 3 is 2.69 bits per heavy atom. The van der Waals surface area contributed by atoms with Crippen molar-refractivity contribution in [2.24, 2.45) is 0 Å². The molecular formula is C20H16FN3O3S2. The van der Waals surface area contributed by atoms with Gasteiger partial charge in [-0.3, -0.25) is 4.72 Å². The number of nitrogens with zero attached hydrogens (tertiary/aromatic N) is 2. The molecule has 6 nitrogen and oxygen atoms in total. The summed E-state index contributed by atoms with van der Waals surface area (Å²) in [6.45, 7) is 1.81. The summed E-state index contributed by atoms with van der Waals surface area (Å²) in [7, 11) is -2.67. The van der Waals surface area contributed by atoms with Crippen molar-refractivity contribution in [2.75, 3.05) is 11.8 Å². The Morgan fingerprint density at radius 2 is 1.97 bits per heavy atom. The van der Waals surface area contributed by atoms with Gasteiger partial charge in [0.25, 0.3) is 10.0 Å². The van der Waals surface area contributed by atoms with Crippen LogP contribution < -0.4 is 9.46 Å². The molecule has 0 aliphatic rings. The fourth-order valence-electron chi connectivity index (χ4n) is 2.88. The number of pyridine rings is 1. The van der Waals surface area contributed by atoms with Crippen LogP contribution in [0.15, 0.2) is 59.6 Å². The highest BCUT2D eigenvalue weighted by Crippen LogP contribution is 2.34. The average Bonchev–Trinajstić information content (AvgIpc) is 3.13. The van der Waals surface area contributed by atoms with Gasteiger partial charge in [-0.1, -0.05) is 23.5 Å². The van der Waals surface area contributed by atoms with Gasteiger partial charge >= 0.3 is 0 Å². The minimum absolute atomic E-state index is 0.0217. The number of ether oxygens (including phenoxy) is 1. The number of hydrogen-bond acceptors (Lipinski definition) is 6. The van der Waals surface area contributed by atoms with Gasteiger partial charge in [-0.05, 0) is 48.9 Å². The van der Waals surface area contributed by atoms with E-state index in [1.807, 2.05) is 18.2 Å². The van der Waals surface area contributed by atoms with Crippen LogP contribution in [-0.2, 0) is 10.0 Å². The van der Waals surface area contributed by atoms with Crippen LogP contribution in [0, 0.1) is 12.7 Å². The molecule has 2 heterocycles. The Morgan fingerprint density at radius 1 is 1.14 bits per heavy atom. The van der Waals surface area contributed by atoms with Crippen molar-refractivity contribution in [1.82, 2.24) is 9.97 Å². The van der Waals surface area contributed by atoms with Crippen molar-refractivity contribution < 1.29 is 17.5 Å². The number of fused-ring (bicyclic) bond motifs is 1. The van der Waals surface area contributed by atoms with Crippen LogP contribution in [0.4, 0.5) is 10.1 Å². The fraction of sp³-hybridized carbons (Fsp3) is 0.100. The van der Waals surface area contributed by atoms with Crippen LogP contribution in [0.3, 0.4) is 0 Å². The largest absolute Gasteiger partial charge is 0.494 e. The van der Waals surface area contributed by atoms with Crippen LogP contribution in [0.25, 0.3) is 20.9 Å². The predicted molar refractivity (Wildman–Crippen MR) is 111 cm³/mol. The molecule has 0 fully saturated rings. The van der Waals surface area contributed by atoms with Gasteiger partial charge < -0.3 is 4.74 Å². The summed E-state index contributed by atoms with van der Waals surface area (Å²) < 4.78 is 46.8. The lowest BCUT2D eigenvalue weighted by atomic mass is 10.1. The third-order valence-electron chi connectivity index (χ3n) is 4.41. The van der Waals surface area contributed by atoms with E-state index in [4.69, 9.17) is 4.74 Å². The maximum absolute atomic E-state index is 14.0. The Labute approximate surface area is 171 Å². The van der Waals surface area contributed by atoms with E-state index in [0.717, 1.165) is 27.0 Å². The molecule has 2 aromatic carbocycles. The van der Waals surface area contributed by atoms with Gasteiger partial charge in [-0.15, -0.1) is 0 Å². The topological polar surface area (TPSA) is 81.2 Å². The standard InChI is InChI=1S/C20H16FN3O3S2/c1-12-14(19-23-17-7-4-10-22-20(17)28-19)5-3-6-16(12)24-29(25,26)13-8-9-18(27-2)15(21)11-13/h3-11,24H,1-2H3. The van der Waals surface area contributed by atoms with E-state index < -0.39 is 15.8 Å². The average molecular weight is 429 g/mol. The first-order chi connectivity index (χ1) is 13.9. The Bertz CT molecular complexity index is 1290. The first kappa shape index (κ1) is 19.3. The lowest BCUT2D eigenvalue weighted by Gasteiger charge is -2.13. The molecule has 0 unspecified atom stereocenters. The summed E-state index contributed by atoms with van der Waals surface area (Å²) in [6.07, 6.45) is 1.70. The van der Waals surface area contributed by atoms with Gasteiger partial charge in [-0.2, -0.15) is 0 Å². The van der Waals surface area contributed by atoms with Crippen molar-refractivity contribution >= 4 is 37.4 Å². The second kappa shape index (κ2) is 7.41. The van der Waals surface area contributed by atoms with Crippen molar-refractivity contribution in [3.05, 3.63) is 66.1 Å². The van der Waals surface area contributed by atoms with Crippen molar-refractivity contribution in [2.45, 2.75) is 11.8 Å². The molecule has 4 aromatic rings. The highest BCUT2D eigenvalue weighted by atomic mass is 32.2. The molecule has 0 bridgehead atoms. The molecule has 0 amide bonds. The van der Waals surface area contributed by atoms with Gasteiger partial charge in [0.2, 0.25) is 0 Å². The summed E-state index contributed by atoms with van der Waals surface area (Å²) in [4.78, 5) is 9.50. The van der Waals surface area contributed by atoms with E-state index in [1.54, 1.807) is 25.3 Å². The number of anilines is 1. The lowest BCUT2D eigenvalue weighted by Crippen LogP contribution is -2.14. The molecule has 29 heavy (non-hydrogen) atoms. The van der Waals surface area contributed by atoms with Gasteiger partial charge in [-0.25, -0.2) is 22.8 Å². The molecule has 9 heteroatoms. The first-order valence-electron chi connectivity index (χ1n) is 8.57. The van der Waals surface area contributed by atoms with E-state index in [-0.39, 0.29) is 10.6 Å². The molecule has 0 radical (unpaired) electrons. The molecule has 0 saturated heterocycles.